The number of fused-ring (bicyclic) bond motifs is 1. The van der Waals surface area contributed by atoms with E-state index in [0.717, 1.165) is 11.1 Å². The Labute approximate surface area is 164 Å². The quantitative estimate of drug-likeness (QED) is 0.416. The predicted octanol–water partition coefficient (Wildman–Crippen LogP) is 4.34. The normalized spacial score (nSPS) is 11.5. The fourth-order valence-corrected chi connectivity index (χ4v) is 2.97. The molecule has 0 atom stereocenters. The average molecular weight is 385 g/mol. The lowest BCUT2D eigenvalue weighted by molar-refractivity contribution is -0.384. The second-order valence-corrected chi connectivity index (χ2v) is 6.33. The zero-order valence-electron chi connectivity index (χ0n) is 15.1. The van der Waals surface area contributed by atoms with Gasteiger partial charge < -0.3 is 10.2 Å². The molecule has 0 saturated carbocycles. The highest BCUT2D eigenvalue weighted by atomic mass is 16.6. The van der Waals surface area contributed by atoms with E-state index in [4.69, 9.17) is 10.2 Å². The third-order valence-corrected chi connectivity index (χ3v) is 4.41. The number of non-ortho nitro benzene ring substituents is 1. The molecule has 2 N–H and O–H groups in total. The van der Waals surface area contributed by atoms with Crippen molar-refractivity contribution >= 4 is 28.3 Å². The monoisotopic (exact) mass is 385 g/mol. The van der Waals surface area contributed by atoms with Gasteiger partial charge in [-0.25, -0.2) is 4.99 Å². The summed E-state index contributed by atoms with van der Waals surface area (Å²) in [5.41, 5.74) is 8.50. The Morgan fingerprint density at radius 2 is 1.62 bits per heavy atom. The van der Waals surface area contributed by atoms with Gasteiger partial charge in [0.15, 0.2) is 0 Å². The highest BCUT2D eigenvalue weighted by Gasteiger charge is 2.13. The Bertz CT molecular complexity index is 1290. The van der Waals surface area contributed by atoms with Crippen LogP contribution in [0.1, 0.15) is 10.4 Å². The van der Waals surface area contributed by atoms with E-state index < -0.39 is 10.8 Å². The summed E-state index contributed by atoms with van der Waals surface area (Å²) in [7, 11) is 0. The molecule has 29 heavy (non-hydrogen) atoms. The summed E-state index contributed by atoms with van der Waals surface area (Å²) < 4.78 is 5.72. The maximum absolute atomic E-state index is 11.9. The third-order valence-electron chi connectivity index (χ3n) is 4.41. The fourth-order valence-electron chi connectivity index (χ4n) is 2.97. The Hall–Kier alpha value is -4.26. The van der Waals surface area contributed by atoms with E-state index in [0.29, 0.717) is 16.7 Å². The summed E-state index contributed by atoms with van der Waals surface area (Å²) in [6.45, 7) is 0. The van der Waals surface area contributed by atoms with Crippen molar-refractivity contribution in [3.63, 3.8) is 0 Å². The molecule has 4 aromatic rings. The second-order valence-electron chi connectivity index (χ2n) is 6.33. The predicted molar refractivity (Wildman–Crippen MR) is 108 cm³/mol. The van der Waals surface area contributed by atoms with Crippen LogP contribution in [0.2, 0.25) is 0 Å². The fraction of sp³-hybridized carbons (Fsp3) is 0. The van der Waals surface area contributed by atoms with Gasteiger partial charge >= 0.3 is 0 Å². The minimum Gasteiger partial charge on any atom is -0.438 e. The van der Waals surface area contributed by atoms with Gasteiger partial charge in [0.2, 0.25) is 5.55 Å². The number of nitro benzene ring substituents is 1. The molecule has 0 aliphatic rings. The summed E-state index contributed by atoms with van der Waals surface area (Å²) in [6.07, 6.45) is 0. The van der Waals surface area contributed by atoms with Gasteiger partial charge in [0.1, 0.15) is 11.1 Å². The number of hydrogen-bond acceptors (Lipinski definition) is 5. The highest BCUT2D eigenvalue weighted by molar-refractivity contribution is 5.95. The van der Waals surface area contributed by atoms with Crippen molar-refractivity contribution in [3.05, 3.63) is 100 Å². The van der Waals surface area contributed by atoms with Crippen LogP contribution in [0.15, 0.2) is 88.3 Å². The van der Waals surface area contributed by atoms with Crippen LogP contribution in [0.25, 0.3) is 22.1 Å². The standard InChI is InChI=1S/C22H15N3O4/c23-21(26)19-13-16-12-18(25(27)28)10-11-20(16)29-22(19)24-17-8-6-15(7-9-17)14-4-2-1-3-5-14/h1-13H,(H2,23,26). The number of amides is 1. The van der Waals surface area contributed by atoms with Gasteiger partial charge in [-0.15, -0.1) is 0 Å². The molecule has 4 rings (SSSR count). The third kappa shape index (κ3) is 3.74. The number of nitrogens with two attached hydrogens (primary N) is 1. The number of primary amides is 1. The minimum absolute atomic E-state index is 0.0464. The van der Waals surface area contributed by atoms with Crippen molar-refractivity contribution in [1.82, 2.24) is 0 Å². The molecular formula is C22H15N3O4. The molecule has 0 bridgehead atoms. The molecule has 0 saturated heterocycles. The molecular weight excluding hydrogens is 370 g/mol. The maximum Gasteiger partial charge on any atom is 0.270 e. The van der Waals surface area contributed by atoms with Crippen molar-refractivity contribution < 1.29 is 14.1 Å². The molecule has 0 aliphatic heterocycles. The van der Waals surface area contributed by atoms with Crippen molar-refractivity contribution in [2.45, 2.75) is 0 Å². The first-order valence-corrected chi connectivity index (χ1v) is 8.73. The van der Waals surface area contributed by atoms with Crippen molar-refractivity contribution in [2.24, 2.45) is 10.7 Å². The lowest BCUT2D eigenvalue weighted by Gasteiger charge is -2.03. The first-order chi connectivity index (χ1) is 14.0. The van der Waals surface area contributed by atoms with E-state index in [1.165, 1.54) is 24.3 Å². The highest BCUT2D eigenvalue weighted by Crippen LogP contribution is 2.23. The number of rotatable bonds is 4. The molecule has 1 heterocycles. The number of carbonyl (C=O) groups is 1. The van der Waals surface area contributed by atoms with Crippen LogP contribution in [0.3, 0.4) is 0 Å². The molecule has 142 valence electrons. The van der Waals surface area contributed by atoms with Gasteiger partial charge in [-0.05, 0) is 35.4 Å². The van der Waals surface area contributed by atoms with Crippen LogP contribution >= 0.6 is 0 Å². The molecule has 7 nitrogen and oxygen atoms in total. The summed E-state index contributed by atoms with van der Waals surface area (Å²) in [5, 5.41) is 11.4. The zero-order valence-corrected chi connectivity index (χ0v) is 15.1. The lowest BCUT2D eigenvalue weighted by atomic mass is 10.1. The van der Waals surface area contributed by atoms with Crippen LogP contribution in [-0.2, 0) is 0 Å². The number of hydrogen-bond donors (Lipinski definition) is 1. The average Bonchev–Trinajstić information content (AvgIpc) is 2.74. The largest absolute Gasteiger partial charge is 0.438 e. The molecule has 0 aliphatic carbocycles. The van der Waals surface area contributed by atoms with Gasteiger partial charge in [-0.2, -0.15) is 0 Å². The van der Waals surface area contributed by atoms with Gasteiger partial charge in [0.05, 0.1) is 10.6 Å². The van der Waals surface area contributed by atoms with Gasteiger partial charge in [0.25, 0.3) is 11.6 Å². The van der Waals surface area contributed by atoms with E-state index in [2.05, 4.69) is 4.99 Å². The molecule has 0 spiro atoms. The van der Waals surface area contributed by atoms with Crippen molar-refractivity contribution in [3.8, 4) is 11.1 Å². The SMILES string of the molecule is NC(=O)c1cc2cc([N+](=O)[O-])ccc2oc1=Nc1ccc(-c2ccccc2)cc1. The van der Waals surface area contributed by atoms with Crippen molar-refractivity contribution in [1.29, 1.82) is 0 Å². The lowest BCUT2D eigenvalue weighted by Crippen LogP contribution is -2.21. The van der Waals surface area contributed by atoms with Crippen LogP contribution in [0, 0.1) is 10.1 Å². The van der Waals surface area contributed by atoms with Crippen LogP contribution in [-0.4, -0.2) is 10.8 Å². The van der Waals surface area contributed by atoms with Gasteiger partial charge in [-0.3, -0.25) is 14.9 Å². The summed E-state index contributed by atoms with van der Waals surface area (Å²) in [6, 6.07) is 22.9. The van der Waals surface area contributed by atoms with E-state index >= 15 is 0 Å². The minimum atomic E-state index is -0.734. The summed E-state index contributed by atoms with van der Waals surface area (Å²) in [5.74, 6) is -0.734. The van der Waals surface area contributed by atoms with Crippen LogP contribution in [0.5, 0.6) is 0 Å². The zero-order chi connectivity index (χ0) is 20.4. The first kappa shape index (κ1) is 18.1. The molecule has 7 heteroatoms. The Balaban J connectivity index is 1.80. The van der Waals surface area contributed by atoms with Crippen molar-refractivity contribution in [2.75, 3.05) is 0 Å². The number of nitro groups is 1. The summed E-state index contributed by atoms with van der Waals surface area (Å²) >= 11 is 0. The van der Waals surface area contributed by atoms with Gasteiger partial charge in [-0.1, -0.05) is 42.5 Å². The van der Waals surface area contributed by atoms with E-state index in [9.17, 15) is 14.9 Å². The Morgan fingerprint density at radius 1 is 0.931 bits per heavy atom. The second kappa shape index (κ2) is 7.40. The number of nitrogens with zero attached hydrogens (tertiary/aromatic N) is 2. The molecule has 0 unspecified atom stereocenters. The maximum atomic E-state index is 11.9. The summed E-state index contributed by atoms with van der Waals surface area (Å²) in [4.78, 5) is 26.7. The van der Waals surface area contributed by atoms with E-state index in [-0.39, 0.29) is 16.8 Å². The molecule has 1 amide bonds. The van der Waals surface area contributed by atoms with Crippen LogP contribution in [0.4, 0.5) is 11.4 Å². The number of carbonyl (C=O) groups excluding carboxylic acids is 1. The van der Waals surface area contributed by atoms with E-state index in [1.54, 1.807) is 0 Å². The number of benzene rings is 3. The Kier molecular flexibility index (Phi) is 4.62. The van der Waals surface area contributed by atoms with Gasteiger partial charge in [0, 0.05) is 17.5 Å². The molecule has 3 aromatic carbocycles. The molecule has 1 aromatic heterocycles. The van der Waals surface area contributed by atoms with E-state index in [1.807, 2.05) is 54.6 Å². The topological polar surface area (TPSA) is 112 Å². The van der Waals surface area contributed by atoms with Crippen LogP contribution < -0.4 is 11.3 Å². The smallest absolute Gasteiger partial charge is 0.270 e. The Morgan fingerprint density at radius 3 is 2.28 bits per heavy atom. The molecule has 0 fully saturated rings. The first-order valence-electron chi connectivity index (χ1n) is 8.73. The molecule has 0 radical (unpaired) electrons.